The first-order chi connectivity index (χ1) is 12.1. The molecule has 2 heterocycles. The number of thioether (sulfide) groups is 1. The van der Waals surface area contributed by atoms with E-state index in [0.29, 0.717) is 30.6 Å². The van der Waals surface area contributed by atoms with Crippen LogP contribution in [0.3, 0.4) is 0 Å². The molecule has 25 heavy (non-hydrogen) atoms. The largest absolute Gasteiger partial charge is 0.375 e. The molecule has 1 aliphatic rings. The molecule has 1 aliphatic heterocycles. The van der Waals surface area contributed by atoms with Crippen LogP contribution >= 0.6 is 11.8 Å². The zero-order valence-electron chi connectivity index (χ0n) is 14.8. The zero-order chi connectivity index (χ0) is 17.8. The number of hydrogen-bond donors (Lipinski definition) is 0. The molecular formula is C17H23N5O2S. The van der Waals surface area contributed by atoms with Crippen molar-refractivity contribution < 1.29 is 9.53 Å². The van der Waals surface area contributed by atoms with Crippen molar-refractivity contribution in [1.29, 1.82) is 0 Å². The number of ether oxygens (including phenoxy) is 1. The van der Waals surface area contributed by atoms with E-state index in [4.69, 9.17) is 4.74 Å². The van der Waals surface area contributed by atoms with Gasteiger partial charge in [-0.05, 0) is 47.9 Å². The molecule has 0 radical (unpaired) electrons. The van der Waals surface area contributed by atoms with Gasteiger partial charge in [0.1, 0.15) is 0 Å². The van der Waals surface area contributed by atoms with Gasteiger partial charge >= 0.3 is 0 Å². The van der Waals surface area contributed by atoms with E-state index in [1.165, 1.54) is 17.3 Å². The Morgan fingerprint density at radius 2 is 2.24 bits per heavy atom. The van der Waals surface area contributed by atoms with Crippen LogP contribution in [0.4, 0.5) is 0 Å². The maximum atomic E-state index is 12.5. The summed E-state index contributed by atoms with van der Waals surface area (Å²) >= 11 is 1.37. The molecule has 0 N–H and O–H groups in total. The Hall–Kier alpha value is -1.93. The van der Waals surface area contributed by atoms with Crippen molar-refractivity contribution in [3.8, 4) is 5.69 Å². The van der Waals surface area contributed by atoms with Crippen LogP contribution in [0.15, 0.2) is 23.4 Å². The summed E-state index contributed by atoms with van der Waals surface area (Å²) in [6, 6.07) is 6.03. The molecule has 8 heteroatoms. The van der Waals surface area contributed by atoms with E-state index in [9.17, 15) is 4.79 Å². The lowest BCUT2D eigenvalue weighted by Crippen LogP contribution is -2.46. The summed E-state index contributed by atoms with van der Waals surface area (Å²) in [5, 5.41) is 12.6. The Labute approximate surface area is 151 Å². The van der Waals surface area contributed by atoms with Gasteiger partial charge < -0.3 is 9.64 Å². The number of tetrazole rings is 1. The topological polar surface area (TPSA) is 73.1 Å². The number of morpholine rings is 1. The monoisotopic (exact) mass is 361 g/mol. The molecule has 2 aromatic rings. The highest BCUT2D eigenvalue weighted by Crippen LogP contribution is 2.23. The summed E-state index contributed by atoms with van der Waals surface area (Å²) < 4.78 is 7.32. The van der Waals surface area contributed by atoms with Gasteiger partial charge in [0.05, 0.1) is 24.2 Å². The maximum Gasteiger partial charge on any atom is 0.233 e. The van der Waals surface area contributed by atoms with Crippen molar-refractivity contribution in [2.24, 2.45) is 0 Å². The summed E-state index contributed by atoms with van der Waals surface area (Å²) in [4.78, 5) is 14.4. The van der Waals surface area contributed by atoms with Crippen LogP contribution < -0.4 is 0 Å². The SMILES string of the molecule is CC[C@@H]1CN(C(=O)CSc2nnnn2-c2cccc(C)c2C)CCO1. The highest BCUT2D eigenvalue weighted by Gasteiger charge is 2.23. The van der Waals surface area contributed by atoms with Crippen molar-refractivity contribution in [2.75, 3.05) is 25.4 Å². The van der Waals surface area contributed by atoms with E-state index in [2.05, 4.69) is 35.4 Å². The van der Waals surface area contributed by atoms with Crippen LogP contribution in [0.5, 0.6) is 0 Å². The lowest BCUT2D eigenvalue weighted by molar-refractivity contribution is -0.135. The van der Waals surface area contributed by atoms with Gasteiger partial charge in [-0.1, -0.05) is 30.8 Å². The molecule has 0 bridgehead atoms. The molecule has 3 rings (SSSR count). The zero-order valence-corrected chi connectivity index (χ0v) is 15.6. The second-order valence-electron chi connectivity index (χ2n) is 6.12. The molecule has 1 saturated heterocycles. The smallest absolute Gasteiger partial charge is 0.233 e. The number of rotatable bonds is 5. The van der Waals surface area contributed by atoms with E-state index in [1.54, 1.807) is 4.68 Å². The maximum absolute atomic E-state index is 12.5. The normalized spacial score (nSPS) is 17.7. The van der Waals surface area contributed by atoms with Gasteiger partial charge in [-0.3, -0.25) is 4.79 Å². The molecule has 1 fully saturated rings. The van der Waals surface area contributed by atoms with Crippen LogP contribution in [0.2, 0.25) is 0 Å². The predicted molar refractivity (Wildman–Crippen MR) is 96.0 cm³/mol. The van der Waals surface area contributed by atoms with Crippen LogP contribution in [0, 0.1) is 13.8 Å². The van der Waals surface area contributed by atoms with Gasteiger partial charge in [-0.25, -0.2) is 0 Å². The van der Waals surface area contributed by atoms with Gasteiger partial charge in [0.25, 0.3) is 0 Å². The number of hydrogen-bond acceptors (Lipinski definition) is 6. The summed E-state index contributed by atoms with van der Waals surface area (Å²) in [6.45, 7) is 8.10. The molecular weight excluding hydrogens is 338 g/mol. The van der Waals surface area contributed by atoms with Crippen molar-refractivity contribution >= 4 is 17.7 Å². The minimum absolute atomic E-state index is 0.0993. The predicted octanol–water partition coefficient (Wildman–Crippen LogP) is 2.01. The molecule has 1 aromatic carbocycles. The number of carbonyl (C=O) groups excluding carboxylic acids is 1. The molecule has 1 aromatic heterocycles. The van der Waals surface area contributed by atoms with Crippen molar-refractivity contribution in [3.05, 3.63) is 29.3 Å². The Morgan fingerprint density at radius 3 is 3.04 bits per heavy atom. The fourth-order valence-corrected chi connectivity index (χ4v) is 3.58. The quantitative estimate of drug-likeness (QED) is 0.759. The van der Waals surface area contributed by atoms with Crippen molar-refractivity contribution in [2.45, 2.75) is 38.5 Å². The minimum atomic E-state index is 0.0993. The minimum Gasteiger partial charge on any atom is -0.375 e. The van der Waals surface area contributed by atoms with Gasteiger partial charge in [-0.2, -0.15) is 4.68 Å². The average Bonchev–Trinajstić information content (AvgIpc) is 3.10. The van der Waals surface area contributed by atoms with E-state index < -0.39 is 0 Å². The van der Waals surface area contributed by atoms with Crippen LogP contribution in [-0.4, -0.2) is 62.6 Å². The van der Waals surface area contributed by atoms with E-state index in [-0.39, 0.29) is 12.0 Å². The molecule has 1 amide bonds. The molecule has 134 valence electrons. The van der Waals surface area contributed by atoms with Gasteiger partial charge in [0, 0.05) is 13.1 Å². The molecule has 0 spiro atoms. The third-order valence-corrected chi connectivity index (χ3v) is 5.42. The van der Waals surface area contributed by atoms with E-state index >= 15 is 0 Å². The Balaban J connectivity index is 1.68. The van der Waals surface area contributed by atoms with Crippen LogP contribution in [0.1, 0.15) is 24.5 Å². The number of aryl methyl sites for hydroxylation is 1. The highest BCUT2D eigenvalue weighted by atomic mass is 32.2. The lowest BCUT2D eigenvalue weighted by atomic mass is 10.1. The first kappa shape index (κ1) is 17.9. The standard InChI is InChI=1S/C17H23N5O2S/c1-4-14-10-21(8-9-24-14)16(23)11-25-17-18-19-20-22(17)15-7-5-6-12(2)13(15)3/h5-7,14H,4,8-11H2,1-3H3/t14-/m1/s1. The molecule has 1 atom stereocenters. The lowest BCUT2D eigenvalue weighted by Gasteiger charge is -2.32. The van der Waals surface area contributed by atoms with Crippen LogP contribution in [0.25, 0.3) is 5.69 Å². The average molecular weight is 361 g/mol. The van der Waals surface area contributed by atoms with E-state index in [0.717, 1.165) is 17.7 Å². The summed E-state index contributed by atoms with van der Waals surface area (Å²) in [5.74, 6) is 0.420. The van der Waals surface area contributed by atoms with Gasteiger partial charge in [0.15, 0.2) is 0 Å². The third kappa shape index (κ3) is 4.01. The molecule has 0 unspecified atom stereocenters. The van der Waals surface area contributed by atoms with Gasteiger partial charge in [-0.15, -0.1) is 5.10 Å². The Bertz CT molecular complexity index is 748. The second-order valence-corrected chi connectivity index (χ2v) is 7.06. The summed E-state index contributed by atoms with van der Waals surface area (Å²) in [5.41, 5.74) is 3.25. The third-order valence-electron chi connectivity index (χ3n) is 4.52. The van der Waals surface area contributed by atoms with E-state index in [1.807, 2.05) is 24.0 Å². The first-order valence-electron chi connectivity index (χ1n) is 8.47. The number of benzene rings is 1. The first-order valence-corrected chi connectivity index (χ1v) is 9.45. The highest BCUT2D eigenvalue weighted by molar-refractivity contribution is 7.99. The second kappa shape index (κ2) is 7.97. The Kier molecular flexibility index (Phi) is 5.70. The fraction of sp³-hybridized carbons (Fsp3) is 0.529. The van der Waals surface area contributed by atoms with Gasteiger partial charge in [0.2, 0.25) is 11.1 Å². The van der Waals surface area contributed by atoms with Crippen molar-refractivity contribution in [3.63, 3.8) is 0 Å². The number of nitrogens with zero attached hydrogens (tertiary/aromatic N) is 5. The number of carbonyl (C=O) groups is 1. The van der Waals surface area contributed by atoms with Crippen LogP contribution in [-0.2, 0) is 9.53 Å². The fourth-order valence-electron chi connectivity index (χ4n) is 2.80. The Morgan fingerprint density at radius 1 is 1.40 bits per heavy atom. The number of aromatic nitrogens is 4. The molecule has 0 saturated carbocycles. The molecule has 7 nitrogen and oxygen atoms in total. The van der Waals surface area contributed by atoms with Crippen molar-refractivity contribution in [1.82, 2.24) is 25.1 Å². The summed E-state index contributed by atoms with van der Waals surface area (Å²) in [7, 11) is 0. The summed E-state index contributed by atoms with van der Waals surface area (Å²) in [6.07, 6.45) is 1.06. The number of amides is 1. The molecule has 0 aliphatic carbocycles.